The lowest BCUT2D eigenvalue weighted by Crippen LogP contribution is -2.10. The van der Waals surface area contributed by atoms with Gasteiger partial charge in [0.2, 0.25) is 5.82 Å². The molecule has 0 amide bonds. The molecule has 0 spiro atoms. The van der Waals surface area contributed by atoms with Crippen LogP contribution >= 0.6 is 0 Å². The van der Waals surface area contributed by atoms with Gasteiger partial charge >= 0.3 is 5.97 Å². The van der Waals surface area contributed by atoms with E-state index in [9.17, 15) is 13.6 Å². The van der Waals surface area contributed by atoms with Crippen molar-refractivity contribution < 1.29 is 18.3 Å². The van der Waals surface area contributed by atoms with Gasteiger partial charge in [0.15, 0.2) is 11.6 Å². The molecule has 1 atom stereocenters. The Hall–Kier alpha value is -3.52. The van der Waals surface area contributed by atoms with Gasteiger partial charge in [-0.25, -0.2) is 9.18 Å². The molecule has 0 saturated carbocycles. The van der Waals surface area contributed by atoms with Gasteiger partial charge in [0, 0.05) is 0 Å². The number of carbonyl (C=O) groups is 1. The third-order valence-corrected chi connectivity index (χ3v) is 5.06. The Balaban J connectivity index is 1.72. The van der Waals surface area contributed by atoms with Crippen molar-refractivity contribution in [3.63, 3.8) is 0 Å². The summed E-state index contributed by atoms with van der Waals surface area (Å²) in [5.74, 6) is -3.44. The standard InChI is InChI=1S/C25H21F2NO2/c1-3-16(2)14-17-4-6-18(7-5-17)19-8-10-20(11-9-19)25(29)30-22-13-12-21(15-28)23(26)24(22)27/h4-13,16H,3,14H2,1-2H3. The Labute approximate surface area is 174 Å². The second-order valence-corrected chi connectivity index (χ2v) is 7.23. The van der Waals surface area contributed by atoms with Crippen molar-refractivity contribution in [3.8, 4) is 22.9 Å². The van der Waals surface area contributed by atoms with Crippen LogP contribution in [-0.4, -0.2) is 5.97 Å². The summed E-state index contributed by atoms with van der Waals surface area (Å²) in [5.41, 5.74) is 2.98. The van der Waals surface area contributed by atoms with Gasteiger partial charge in [0.05, 0.1) is 11.1 Å². The van der Waals surface area contributed by atoms with Gasteiger partial charge in [0.25, 0.3) is 0 Å². The van der Waals surface area contributed by atoms with E-state index in [2.05, 4.69) is 26.0 Å². The number of rotatable bonds is 6. The van der Waals surface area contributed by atoms with Crippen LogP contribution in [0.15, 0.2) is 60.7 Å². The van der Waals surface area contributed by atoms with E-state index in [1.165, 1.54) is 11.6 Å². The summed E-state index contributed by atoms with van der Waals surface area (Å²) >= 11 is 0. The highest BCUT2D eigenvalue weighted by atomic mass is 19.2. The van der Waals surface area contributed by atoms with E-state index in [1.54, 1.807) is 24.3 Å². The lowest BCUT2D eigenvalue weighted by molar-refractivity contribution is 0.0726. The van der Waals surface area contributed by atoms with Gasteiger partial charge in [-0.3, -0.25) is 0 Å². The molecule has 0 fully saturated rings. The number of nitrogens with zero attached hydrogens (tertiary/aromatic N) is 1. The van der Waals surface area contributed by atoms with E-state index >= 15 is 0 Å². The first-order valence-corrected chi connectivity index (χ1v) is 9.72. The van der Waals surface area contributed by atoms with Gasteiger partial charge in [0.1, 0.15) is 6.07 Å². The van der Waals surface area contributed by atoms with Crippen LogP contribution in [0.25, 0.3) is 11.1 Å². The average Bonchev–Trinajstić information content (AvgIpc) is 2.77. The molecule has 3 nitrogen and oxygen atoms in total. The molecule has 1 unspecified atom stereocenters. The summed E-state index contributed by atoms with van der Waals surface area (Å²) in [7, 11) is 0. The predicted molar refractivity (Wildman–Crippen MR) is 111 cm³/mol. The minimum atomic E-state index is -1.36. The minimum Gasteiger partial charge on any atom is -0.420 e. The van der Waals surface area contributed by atoms with E-state index in [0.29, 0.717) is 5.92 Å². The first kappa shape index (κ1) is 21.2. The zero-order chi connectivity index (χ0) is 21.7. The number of hydrogen-bond acceptors (Lipinski definition) is 3. The van der Waals surface area contributed by atoms with Crippen LogP contribution in [0.3, 0.4) is 0 Å². The molecule has 3 aromatic carbocycles. The quantitative estimate of drug-likeness (QED) is 0.357. The zero-order valence-electron chi connectivity index (χ0n) is 16.8. The molecular weight excluding hydrogens is 384 g/mol. The van der Waals surface area contributed by atoms with Crippen LogP contribution in [0.5, 0.6) is 5.75 Å². The van der Waals surface area contributed by atoms with Crippen molar-refractivity contribution in [1.82, 2.24) is 0 Å². The van der Waals surface area contributed by atoms with Crippen molar-refractivity contribution in [2.75, 3.05) is 0 Å². The van der Waals surface area contributed by atoms with E-state index in [4.69, 9.17) is 10.00 Å². The van der Waals surface area contributed by atoms with Gasteiger partial charge < -0.3 is 4.74 Å². The Morgan fingerprint density at radius 2 is 1.57 bits per heavy atom. The third-order valence-electron chi connectivity index (χ3n) is 5.06. The Kier molecular flexibility index (Phi) is 6.58. The highest BCUT2D eigenvalue weighted by Gasteiger charge is 2.18. The number of hydrogen-bond donors (Lipinski definition) is 0. The van der Waals surface area contributed by atoms with Crippen molar-refractivity contribution in [1.29, 1.82) is 5.26 Å². The van der Waals surface area contributed by atoms with Crippen LogP contribution in [0, 0.1) is 28.9 Å². The lowest BCUT2D eigenvalue weighted by Gasteiger charge is -2.10. The molecule has 0 aliphatic carbocycles. The van der Waals surface area contributed by atoms with Crippen LogP contribution in [-0.2, 0) is 6.42 Å². The predicted octanol–water partition coefficient (Wildman–Crippen LogP) is 6.31. The summed E-state index contributed by atoms with van der Waals surface area (Å²) in [4.78, 5) is 12.3. The maximum absolute atomic E-state index is 13.9. The molecule has 3 aromatic rings. The molecule has 5 heteroatoms. The zero-order valence-corrected chi connectivity index (χ0v) is 16.8. The number of benzene rings is 3. The van der Waals surface area contributed by atoms with Gasteiger partial charge in [-0.15, -0.1) is 0 Å². The molecule has 0 saturated heterocycles. The van der Waals surface area contributed by atoms with Crippen molar-refractivity contribution in [3.05, 3.63) is 89.0 Å². The lowest BCUT2D eigenvalue weighted by atomic mass is 9.96. The largest absolute Gasteiger partial charge is 0.420 e. The highest BCUT2D eigenvalue weighted by molar-refractivity contribution is 5.91. The van der Waals surface area contributed by atoms with E-state index in [1.807, 2.05) is 12.1 Å². The van der Waals surface area contributed by atoms with E-state index < -0.39 is 28.9 Å². The fourth-order valence-electron chi connectivity index (χ4n) is 3.03. The topological polar surface area (TPSA) is 50.1 Å². The average molecular weight is 405 g/mol. The van der Waals surface area contributed by atoms with Gasteiger partial charge in [-0.1, -0.05) is 56.7 Å². The highest BCUT2D eigenvalue weighted by Crippen LogP contribution is 2.25. The number of ether oxygens (including phenoxy) is 1. The van der Waals surface area contributed by atoms with Crippen LogP contribution < -0.4 is 4.74 Å². The molecule has 0 bridgehead atoms. The molecule has 0 N–H and O–H groups in total. The fraction of sp³-hybridized carbons (Fsp3) is 0.200. The monoisotopic (exact) mass is 405 g/mol. The van der Waals surface area contributed by atoms with Crippen molar-refractivity contribution in [2.24, 2.45) is 5.92 Å². The van der Waals surface area contributed by atoms with Gasteiger partial charge in [-0.05, 0) is 53.3 Å². The number of carbonyl (C=O) groups excluding carboxylic acids is 1. The molecule has 152 valence electrons. The third kappa shape index (κ3) is 4.72. The fourth-order valence-corrected chi connectivity index (χ4v) is 3.03. The first-order valence-electron chi connectivity index (χ1n) is 9.72. The summed E-state index contributed by atoms with van der Waals surface area (Å²) in [6.07, 6.45) is 2.17. The summed E-state index contributed by atoms with van der Waals surface area (Å²) in [6, 6.07) is 18.6. The Morgan fingerprint density at radius 1 is 0.967 bits per heavy atom. The molecule has 0 aromatic heterocycles. The van der Waals surface area contributed by atoms with Crippen molar-refractivity contribution in [2.45, 2.75) is 26.7 Å². The number of esters is 1. The molecule has 3 rings (SSSR count). The normalized spacial score (nSPS) is 11.6. The molecule has 0 heterocycles. The molecule has 0 radical (unpaired) electrons. The molecule has 0 aliphatic heterocycles. The first-order chi connectivity index (χ1) is 14.4. The SMILES string of the molecule is CCC(C)Cc1ccc(-c2ccc(C(=O)Oc3ccc(C#N)c(F)c3F)cc2)cc1. The maximum atomic E-state index is 13.9. The van der Waals surface area contributed by atoms with Gasteiger partial charge in [-0.2, -0.15) is 9.65 Å². The van der Waals surface area contributed by atoms with E-state index in [0.717, 1.165) is 36.1 Å². The maximum Gasteiger partial charge on any atom is 0.343 e. The second-order valence-electron chi connectivity index (χ2n) is 7.23. The smallest absolute Gasteiger partial charge is 0.343 e. The van der Waals surface area contributed by atoms with Crippen molar-refractivity contribution >= 4 is 5.97 Å². The minimum absolute atomic E-state index is 0.205. The van der Waals surface area contributed by atoms with Crippen LogP contribution in [0.4, 0.5) is 8.78 Å². The summed E-state index contributed by atoms with van der Waals surface area (Å²) in [5, 5.41) is 8.71. The molecule has 30 heavy (non-hydrogen) atoms. The van der Waals surface area contributed by atoms with E-state index in [-0.39, 0.29) is 5.56 Å². The van der Waals surface area contributed by atoms with Crippen LogP contribution in [0.2, 0.25) is 0 Å². The second kappa shape index (κ2) is 9.32. The Morgan fingerprint density at radius 3 is 2.13 bits per heavy atom. The summed E-state index contributed by atoms with van der Waals surface area (Å²) in [6.45, 7) is 4.40. The number of halogens is 2. The molecule has 0 aliphatic rings. The Bertz CT molecular complexity index is 1080. The molecular formula is C25H21F2NO2. The number of nitriles is 1. The van der Waals surface area contributed by atoms with Crippen LogP contribution in [0.1, 0.15) is 41.8 Å². The summed E-state index contributed by atoms with van der Waals surface area (Å²) < 4.78 is 32.6.